The lowest BCUT2D eigenvalue weighted by atomic mass is 10.0. The van der Waals surface area contributed by atoms with E-state index in [4.69, 9.17) is 4.74 Å². The first-order valence-corrected chi connectivity index (χ1v) is 5.04. The maximum atomic E-state index is 9.30. The lowest BCUT2D eigenvalue weighted by molar-refractivity contribution is 0.281. The van der Waals surface area contributed by atoms with Crippen molar-refractivity contribution in [2.45, 2.75) is 6.61 Å². The largest absolute Gasteiger partial charge is 0.494 e. The van der Waals surface area contributed by atoms with Gasteiger partial charge < -0.3 is 9.84 Å². The lowest BCUT2D eigenvalue weighted by Crippen LogP contribution is -1.95. The van der Waals surface area contributed by atoms with Crippen molar-refractivity contribution in [2.24, 2.45) is 0 Å². The van der Waals surface area contributed by atoms with Gasteiger partial charge in [0.1, 0.15) is 5.75 Å². The van der Waals surface area contributed by atoms with Crippen LogP contribution < -0.4 is 4.74 Å². The Morgan fingerprint density at radius 2 is 1.94 bits per heavy atom. The number of rotatable bonds is 3. The Morgan fingerprint density at radius 3 is 2.56 bits per heavy atom. The first-order valence-electron chi connectivity index (χ1n) is 5.04. The van der Waals surface area contributed by atoms with Crippen LogP contribution in [0.1, 0.15) is 5.56 Å². The maximum absolute atomic E-state index is 9.30. The third-order valence-electron chi connectivity index (χ3n) is 2.44. The SMILES string of the molecule is COc1cncc(CO)c1-c1ccccc1. The molecule has 1 aromatic carbocycles. The second-order valence-electron chi connectivity index (χ2n) is 3.40. The fourth-order valence-electron chi connectivity index (χ4n) is 1.69. The van der Waals surface area contributed by atoms with Gasteiger partial charge >= 0.3 is 0 Å². The summed E-state index contributed by atoms with van der Waals surface area (Å²) in [4.78, 5) is 4.03. The summed E-state index contributed by atoms with van der Waals surface area (Å²) in [6, 6.07) is 9.83. The van der Waals surface area contributed by atoms with Crippen molar-refractivity contribution in [1.82, 2.24) is 4.98 Å². The van der Waals surface area contributed by atoms with Crippen molar-refractivity contribution in [3.05, 3.63) is 48.3 Å². The molecule has 0 radical (unpaired) electrons. The van der Waals surface area contributed by atoms with Crippen LogP contribution in [0.5, 0.6) is 5.75 Å². The summed E-state index contributed by atoms with van der Waals surface area (Å²) in [5, 5.41) is 9.30. The Kier molecular flexibility index (Phi) is 3.17. The molecule has 0 saturated heterocycles. The smallest absolute Gasteiger partial charge is 0.145 e. The van der Waals surface area contributed by atoms with Crippen LogP contribution in [-0.4, -0.2) is 17.2 Å². The number of aliphatic hydroxyl groups is 1. The molecule has 3 heteroatoms. The van der Waals surface area contributed by atoms with Gasteiger partial charge in [0.25, 0.3) is 0 Å². The first-order chi connectivity index (χ1) is 7.86. The zero-order valence-electron chi connectivity index (χ0n) is 9.05. The van der Waals surface area contributed by atoms with Gasteiger partial charge in [-0.1, -0.05) is 30.3 Å². The highest BCUT2D eigenvalue weighted by Crippen LogP contribution is 2.32. The quantitative estimate of drug-likeness (QED) is 0.853. The third-order valence-corrected chi connectivity index (χ3v) is 2.44. The summed E-state index contributed by atoms with van der Waals surface area (Å²) in [7, 11) is 1.60. The van der Waals surface area contributed by atoms with Crippen molar-refractivity contribution in [3.63, 3.8) is 0 Å². The number of hydrogen-bond donors (Lipinski definition) is 1. The maximum Gasteiger partial charge on any atom is 0.145 e. The van der Waals surface area contributed by atoms with E-state index in [1.807, 2.05) is 30.3 Å². The highest BCUT2D eigenvalue weighted by molar-refractivity contribution is 5.73. The molecule has 1 heterocycles. The molecule has 0 saturated carbocycles. The molecule has 1 aromatic heterocycles. The first kappa shape index (κ1) is 10.6. The topological polar surface area (TPSA) is 42.4 Å². The van der Waals surface area contributed by atoms with Crippen LogP contribution in [0.25, 0.3) is 11.1 Å². The average molecular weight is 215 g/mol. The molecule has 1 N–H and O–H groups in total. The molecule has 0 aliphatic heterocycles. The van der Waals surface area contributed by atoms with E-state index in [2.05, 4.69) is 4.98 Å². The molecule has 0 unspecified atom stereocenters. The summed E-state index contributed by atoms with van der Waals surface area (Å²) in [6.45, 7) is -0.0472. The van der Waals surface area contributed by atoms with Crippen molar-refractivity contribution < 1.29 is 9.84 Å². The second kappa shape index (κ2) is 4.77. The van der Waals surface area contributed by atoms with Gasteiger partial charge in [0, 0.05) is 17.3 Å². The standard InChI is InChI=1S/C13H13NO2/c1-16-12-8-14-7-11(9-15)13(12)10-5-3-2-4-6-10/h2-8,15H,9H2,1H3. The molecule has 82 valence electrons. The van der Waals surface area contributed by atoms with Gasteiger partial charge in [-0.2, -0.15) is 0 Å². The molecule has 0 aliphatic rings. The molecule has 16 heavy (non-hydrogen) atoms. The predicted molar refractivity (Wildman–Crippen MR) is 62.1 cm³/mol. The summed E-state index contributed by atoms with van der Waals surface area (Å²) < 4.78 is 5.27. The second-order valence-corrected chi connectivity index (χ2v) is 3.40. The van der Waals surface area contributed by atoms with Crippen LogP contribution in [0.2, 0.25) is 0 Å². The van der Waals surface area contributed by atoms with Crippen LogP contribution in [-0.2, 0) is 6.61 Å². The molecule has 0 amide bonds. The van der Waals surface area contributed by atoms with Gasteiger partial charge in [-0.3, -0.25) is 4.98 Å². The number of nitrogens with zero attached hydrogens (tertiary/aromatic N) is 1. The van der Waals surface area contributed by atoms with E-state index in [0.717, 1.165) is 16.7 Å². The van der Waals surface area contributed by atoms with Gasteiger partial charge in [0.05, 0.1) is 19.9 Å². The zero-order valence-corrected chi connectivity index (χ0v) is 9.05. The van der Waals surface area contributed by atoms with Crippen LogP contribution in [0.3, 0.4) is 0 Å². The molecule has 0 aliphatic carbocycles. The van der Waals surface area contributed by atoms with E-state index in [0.29, 0.717) is 5.75 Å². The summed E-state index contributed by atoms with van der Waals surface area (Å²) in [6.07, 6.45) is 3.31. The number of pyridine rings is 1. The molecule has 3 nitrogen and oxygen atoms in total. The molecular weight excluding hydrogens is 202 g/mol. The monoisotopic (exact) mass is 215 g/mol. The minimum absolute atomic E-state index is 0.0472. The van der Waals surface area contributed by atoms with Crippen molar-refractivity contribution in [1.29, 1.82) is 0 Å². The van der Waals surface area contributed by atoms with Gasteiger partial charge in [0.2, 0.25) is 0 Å². The molecule has 2 aromatic rings. The Balaban J connectivity index is 2.62. The highest BCUT2D eigenvalue weighted by atomic mass is 16.5. The van der Waals surface area contributed by atoms with Gasteiger partial charge in [0.15, 0.2) is 0 Å². The molecule has 0 bridgehead atoms. The lowest BCUT2D eigenvalue weighted by Gasteiger charge is -2.11. The van der Waals surface area contributed by atoms with Gasteiger partial charge in [-0.25, -0.2) is 0 Å². The Bertz CT molecular complexity index is 446. The minimum atomic E-state index is -0.0472. The Labute approximate surface area is 94.3 Å². The number of hydrogen-bond acceptors (Lipinski definition) is 3. The fraction of sp³-hybridized carbons (Fsp3) is 0.154. The number of methoxy groups -OCH3 is 1. The molecular formula is C13H13NO2. The van der Waals surface area contributed by atoms with E-state index in [1.165, 1.54) is 0 Å². The Morgan fingerprint density at radius 1 is 1.19 bits per heavy atom. The Hall–Kier alpha value is -1.87. The molecule has 2 rings (SSSR count). The third kappa shape index (κ3) is 1.90. The van der Waals surface area contributed by atoms with E-state index in [1.54, 1.807) is 19.5 Å². The number of ether oxygens (including phenoxy) is 1. The average Bonchev–Trinajstić information content (AvgIpc) is 2.38. The molecule has 0 spiro atoms. The minimum Gasteiger partial charge on any atom is -0.494 e. The van der Waals surface area contributed by atoms with Crippen molar-refractivity contribution >= 4 is 0 Å². The molecule has 0 atom stereocenters. The van der Waals surface area contributed by atoms with Crippen LogP contribution in [0.4, 0.5) is 0 Å². The highest BCUT2D eigenvalue weighted by Gasteiger charge is 2.10. The van der Waals surface area contributed by atoms with Crippen LogP contribution in [0.15, 0.2) is 42.7 Å². The predicted octanol–water partition coefficient (Wildman–Crippen LogP) is 2.25. The summed E-state index contributed by atoms with van der Waals surface area (Å²) in [5.41, 5.74) is 2.69. The normalized spacial score (nSPS) is 10.1. The van der Waals surface area contributed by atoms with Crippen LogP contribution in [0, 0.1) is 0 Å². The number of benzene rings is 1. The zero-order chi connectivity index (χ0) is 11.4. The number of aromatic nitrogens is 1. The summed E-state index contributed by atoms with van der Waals surface area (Å²) >= 11 is 0. The van der Waals surface area contributed by atoms with Crippen LogP contribution >= 0.6 is 0 Å². The van der Waals surface area contributed by atoms with Gasteiger partial charge in [-0.15, -0.1) is 0 Å². The van der Waals surface area contributed by atoms with E-state index in [-0.39, 0.29) is 6.61 Å². The van der Waals surface area contributed by atoms with Gasteiger partial charge in [-0.05, 0) is 5.56 Å². The van der Waals surface area contributed by atoms with E-state index in [9.17, 15) is 5.11 Å². The number of aliphatic hydroxyl groups excluding tert-OH is 1. The van der Waals surface area contributed by atoms with E-state index >= 15 is 0 Å². The van der Waals surface area contributed by atoms with Crippen molar-refractivity contribution in [2.75, 3.05) is 7.11 Å². The van der Waals surface area contributed by atoms with E-state index < -0.39 is 0 Å². The van der Waals surface area contributed by atoms with Crippen molar-refractivity contribution in [3.8, 4) is 16.9 Å². The summed E-state index contributed by atoms with van der Waals surface area (Å²) in [5.74, 6) is 0.678. The molecule has 0 fully saturated rings. The fourth-order valence-corrected chi connectivity index (χ4v) is 1.69.